The Kier molecular flexibility index (Phi) is 4.75. The van der Waals surface area contributed by atoms with Crippen LogP contribution in [0.3, 0.4) is 0 Å². The Balaban J connectivity index is 2.37. The summed E-state index contributed by atoms with van der Waals surface area (Å²) in [5.74, 6) is -0.187. The van der Waals surface area contributed by atoms with Gasteiger partial charge in [0.15, 0.2) is 12.4 Å². The molecule has 2 aromatic rings. The molecule has 0 bridgehead atoms. The van der Waals surface area contributed by atoms with Crippen molar-refractivity contribution in [2.24, 2.45) is 5.92 Å². The molecule has 22 heavy (non-hydrogen) atoms. The Hall–Kier alpha value is -1.63. The second kappa shape index (κ2) is 6.24. The lowest BCUT2D eigenvalue weighted by Gasteiger charge is -2.12. The molecule has 2 rings (SSSR count). The minimum atomic E-state index is -4.40. The number of carbonyl (C=O) groups is 1. The normalized spacial score (nSPS) is 12.0. The molecule has 1 heterocycles. The summed E-state index contributed by atoms with van der Waals surface area (Å²) in [5, 5.41) is 0.583. The number of aromatic nitrogens is 1. The van der Waals surface area contributed by atoms with E-state index in [1.807, 2.05) is 0 Å². The number of fused-ring (bicyclic) bond motifs is 1. The molecular weight excluding hydrogens is 363 g/mol. The van der Waals surface area contributed by atoms with Gasteiger partial charge in [-0.15, -0.1) is 0 Å². The van der Waals surface area contributed by atoms with Gasteiger partial charge in [0, 0.05) is 11.3 Å². The van der Waals surface area contributed by atoms with E-state index in [1.54, 1.807) is 26.0 Å². The fourth-order valence-electron chi connectivity index (χ4n) is 1.85. The molecule has 0 aliphatic carbocycles. The molecule has 0 saturated carbocycles. The molecule has 0 N–H and O–H groups in total. The van der Waals surface area contributed by atoms with Crippen LogP contribution in [0, 0.1) is 5.92 Å². The van der Waals surface area contributed by atoms with E-state index in [2.05, 4.69) is 20.9 Å². The van der Waals surface area contributed by atoms with Gasteiger partial charge in [0.05, 0.1) is 9.99 Å². The number of hydrogen-bond acceptors (Lipinski definition) is 3. The van der Waals surface area contributed by atoms with E-state index >= 15 is 0 Å². The number of ether oxygens (including phenoxy) is 1. The van der Waals surface area contributed by atoms with Crippen molar-refractivity contribution in [2.45, 2.75) is 20.0 Å². The van der Waals surface area contributed by atoms with Gasteiger partial charge in [0.2, 0.25) is 0 Å². The third-order valence-corrected chi connectivity index (χ3v) is 3.76. The number of benzene rings is 1. The third-order valence-electron chi connectivity index (χ3n) is 2.94. The number of ketones is 1. The lowest BCUT2D eigenvalue weighted by Crippen LogP contribution is -2.19. The first-order valence-electron chi connectivity index (χ1n) is 6.52. The van der Waals surface area contributed by atoms with Crippen molar-refractivity contribution in [3.63, 3.8) is 0 Å². The summed E-state index contributed by atoms with van der Waals surface area (Å²) in [4.78, 5) is 16.2. The Morgan fingerprint density at radius 2 is 1.95 bits per heavy atom. The number of Topliss-reactive ketones (excluding diaryl/α,β-unsaturated/α-hetero) is 1. The van der Waals surface area contributed by atoms with Crippen molar-refractivity contribution in [1.29, 1.82) is 0 Å². The summed E-state index contributed by atoms with van der Waals surface area (Å²) in [6, 6.07) is 6.13. The second-order valence-corrected chi connectivity index (χ2v) is 5.86. The second-order valence-electron chi connectivity index (χ2n) is 5.06. The van der Waals surface area contributed by atoms with Gasteiger partial charge in [0.1, 0.15) is 11.4 Å². The van der Waals surface area contributed by atoms with E-state index < -0.39 is 12.8 Å². The van der Waals surface area contributed by atoms with Gasteiger partial charge >= 0.3 is 6.18 Å². The monoisotopic (exact) mass is 375 g/mol. The molecule has 0 radical (unpaired) electrons. The summed E-state index contributed by atoms with van der Waals surface area (Å²) in [5.41, 5.74) is 0.844. The summed E-state index contributed by atoms with van der Waals surface area (Å²) in [6.07, 6.45) is -4.40. The summed E-state index contributed by atoms with van der Waals surface area (Å²) in [6.45, 7) is 2.19. The number of carbonyl (C=O) groups excluding carboxylic acids is 1. The average molecular weight is 376 g/mol. The van der Waals surface area contributed by atoms with Crippen molar-refractivity contribution in [2.75, 3.05) is 6.61 Å². The number of halogens is 4. The molecule has 0 amide bonds. The van der Waals surface area contributed by atoms with Crippen molar-refractivity contribution in [3.8, 4) is 5.75 Å². The molecular formula is C15H13BrF3NO2. The van der Waals surface area contributed by atoms with Crippen LogP contribution in [0.2, 0.25) is 0 Å². The third kappa shape index (κ3) is 3.76. The number of pyridine rings is 1. The highest BCUT2D eigenvalue weighted by molar-refractivity contribution is 9.10. The molecule has 0 unspecified atom stereocenters. The van der Waals surface area contributed by atoms with Gasteiger partial charge in [-0.05, 0) is 40.2 Å². The fraction of sp³-hybridized carbons (Fsp3) is 0.333. The van der Waals surface area contributed by atoms with E-state index in [9.17, 15) is 18.0 Å². The zero-order chi connectivity index (χ0) is 16.5. The molecule has 0 aliphatic heterocycles. The lowest BCUT2D eigenvalue weighted by molar-refractivity contribution is -0.153. The van der Waals surface area contributed by atoms with Crippen molar-refractivity contribution < 1.29 is 22.7 Å². The molecule has 0 aliphatic rings. The van der Waals surface area contributed by atoms with Crippen molar-refractivity contribution in [3.05, 3.63) is 34.4 Å². The first-order chi connectivity index (χ1) is 10.2. The largest absolute Gasteiger partial charge is 0.483 e. The van der Waals surface area contributed by atoms with Gasteiger partial charge in [-0.2, -0.15) is 13.2 Å². The predicted octanol–water partition coefficient (Wildman–Crippen LogP) is 4.78. The van der Waals surface area contributed by atoms with Crippen LogP contribution >= 0.6 is 15.9 Å². The van der Waals surface area contributed by atoms with Crippen LogP contribution in [-0.2, 0) is 0 Å². The van der Waals surface area contributed by atoms with Crippen LogP contribution in [0.1, 0.15) is 24.3 Å². The maximum Gasteiger partial charge on any atom is 0.422 e. The first kappa shape index (κ1) is 16.7. The minimum absolute atomic E-state index is 0.0783. The molecule has 1 aromatic heterocycles. The minimum Gasteiger partial charge on any atom is -0.483 e. The molecule has 3 nitrogen and oxygen atoms in total. The van der Waals surface area contributed by atoms with Crippen molar-refractivity contribution >= 4 is 32.6 Å². The Morgan fingerprint density at radius 3 is 2.55 bits per heavy atom. The van der Waals surface area contributed by atoms with Crippen LogP contribution in [0.5, 0.6) is 5.75 Å². The zero-order valence-electron chi connectivity index (χ0n) is 11.9. The van der Waals surface area contributed by atoms with Crippen LogP contribution in [0.15, 0.2) is 28.7 Å². The number of rotatable bonds is 4. The van der Waals surface area contributed by atoms with E-state index in [-0.39, 0.29) is 17.5 Å². The summed E-state index contributed by atoms with van der Waals surface area (Å²) in [7, 11) is 0. The molecule has 1 aromatic carbocycles. The Morgan fingerprint density at radius 1 is 1.27 bits per heavy atom. The SMILES string of the molecule is CC(C)C(=O)c1ccc2c(Br)c(OCC(F)(F)F)ccc2n1. The number of hydrogen-bond donors (Lipinski definition) is 0. The summed E-state index contributed by atoms with van der Waals surface area (Å²) < 4.78 is 41.8. The average Bonchev–Trinajstić information content (AvgIpc) is 2.44. The topological polar surface area (TPSA) is 39.2 Å². The van der Waals surface area contributed by atoms with Crippen LogP contribution in [-0.4, -0.2) is 23.6 Å². The molecule has 0 fully saturated rings. The molecule has 0 spiro atoms. The zero-order valence-corrected chi connectivity index (χ0v) is 13.5. The Bertz CT molecular complexity index is 714. The van der Waals surface area contributed by atoms with Gasteiger partial charge in [0.25, 0.3) is 0 Å². The fourth-order valence-corrected chi connectivity index (χ4v) is 2.43. The van der Waals surface area contributed by atoms with Gasteiger partial charge in [-0.1, -0.05) is 13.8 Å². The maximum absolute atomic E-state index is 12.2. The van der Waals surface area contributed by atoms with E-state index in [1.165, 1.54) is 12.1 Å². The van der Waals surface area contributed by atoms with Crippen LogP contribution in [0.25, 0.3) is 10.9 Å². The molecule has 118 valence electrons. The van der Waals surface area contributed by atoms with Gasteiger partial charge in [-0.25, -0.2) is 4.98 Å². The molecule has 0 atom stereocenters. The molecule has 0 saturated heterocycles. The van der Waals surface area contributed by atoms with Crippen LogP contribution < -0.4 is 4.74 Å². The summed E-state index contributed by atoms with van der Waals surface area (Å²) >= 11 is 3.22. The Labute approximate surface area is 133 Å². The lowest BCUT2D eigenvalue weighted by atomic mass is 10.0. The van der Waals surface area contributed by atoms with Crippen LogP contribution in [0.4, 0.5) is 13.2 Å². The highest BCUT2D eigenvalue weighted by Gasteiger charge is 2.29. The first-order valence-corrected chi connectivity index (χ1v) is 7.31. The maximum atomic E-state index is 12.2. The standard InChI is InChI=1S/C15H13BrF3NO2/c1-8(2)14(21)11-4-3-9-10(20-11)5-6-12(13(9)16)22-7-15(17,18)19/h3-6,8H,7H2,1-2H3. The predicted molar refractivity (Wildman–Crippen MR) is 80.2 cm³/mol. The smallest absolute Gasteiger partial charge is 0.422 e. The number of alkyl halides is 3. The highest BCUT2D eigenvalue weighted by Crippen LogP contribution is 2.33. The van der Waals surface area contributed by atoms with Crippen molar-refractivity contribution in [1.82, 2.24) is 4.98 Å². The highest BCUT2D eigenvalue weighted by atomic mass is 79.9. The van der Waals surface area contributed by atoms with E-state index in [4.69, 9.17) is 4.74 Å². The quantitative estimate of drug-likeness (QED) is 0.722. The number of nitrogens with zero attached hydrogens (tertiary/aromatic N) is 1. The van der Waals surface area contributed by atoms with Gasteiger partial charge in [-0.3, -0.25) is 4.79 Å². The van der Waals surface area contributed by atoms with Gasteiger partial charge < -0.3 is 4.74 Å². The van der Waals surface area contributed by atoms with E-state index in [0.717, 1.165) is 0 Å². The van der Waals surface area contributed by atoms with E-state index in [0.29, 0.717) is 21.1 Å². The molecule has 7 heteroatoms.